The average Bonchev–Trinajstić information content (AvgIpc) is 2.12. The molecule has 1 saturated carbocycles. The summed E-state index contributed by atoms with van der Waals surface area (Å²) >= 11 is 0. The smallest absolute Gasteiger partial charge is 0.126 e. The Labute approximate surface area is 89.5 Å². The zero-order chi connectivity index (χ0) is 11.1. The van der Waals surface area contributed by atoms with Crippen molar-refractivity contribution in [3.63, 3.8) is 0 Å². The molecule has 0 unspecified atom stereocenters. The van der Waals surface area contributed by atoms with Gasteiger partial charge in [0, 0.05) is 0 Å². The molecule has 1 aliphatic rings. The van der Waals surface area contributed by atoms with Crippen molar-refractivity contribution in [1.29, 1.82) is 5.26 Å². The van der Waals surface area contributed by atoms with Crippen molar-refractivity contribution in [2.75, 3.05) is 0 Å². The molecule has 0 radical (unpaired) electrons. The molecule has 0 saturated heterocycles. The van der Waals surface area contributed by atoms with E-state index in [9.17, 15) is 9.65 Å². The summed E-state index contributed by atoms with van der Waals surface area (Å²) in [5.74, 6) is -0.188. The lowest BCUT2D eigenvalue weighted by Crippen LogP contribution is -2.33. The lowest BCUT2D eigenvalue weighted by Gasteiger charge is -2.37. The highest BCUT2D eigenvalue weighted by Gasteiger charge is 2.40. The van der Waals surface area contributed by atoms with Crippen LogP contribution in [-0.2, 0) is 5.41 Å². The van der Waals surface area contributed by atoms with Gasteiger partial charge in [-0.05, 0) is 55.9 Å². The second-order valence-corrected chi connectivity index (χ2v) is 4.47. The molecule has 0 heterocycles. The van der Waals surface area contributed by atoms with Gasteiger partial charge in [0.1, 0.15) is 5.82 Å². The molecule has 1 fully saturated rings. The Balaban J connectivity index is 2.57. The van der Waals surface area contributed by atoms with E-state index in [2.05, 4.69) is 6.07 Å². The van der Waals surface area contributed by atoms with Gasteiger partial charge in [-0.3, -0.25) is 0 Å². The third-order valence-corrected chi connectivity index (χ3v) is 3.43. The molecule has 1 aromatic carbocycles. The minimum absolute atomic E-state index is 0.188. The van der Waals surface area contributed by atoms with Crippen molar-refractivity contribution in [2.24, 2.45) is 0 Å². The molecular formula is C13H14FN. The first-order chi connectivity index (χ1) is 7.09. The molecule has 0 bridgehead atoms. The molecule has 0 atom stereocenters. The van der Waals surface area contributed by atoms with Crippen molar-refractivity contribution in [2.45, 2.75) is 38.5 Å². The Morgan fingerprint density at radius 1 is 1.33 bits per heavy atom. The number of halogens is 1. The highest BCUT2D eigenvalue weighted by Crippen LogP contribution is 2.44. The van der Waals surface area contributed by atoms with E-state index < -0.39 is 5.41 Å². The molecule has 15 heavy (non-hydrogen) atoms. The number of aryl methyl sites for hydroxylation is 1. The van der Waals surface area contributed by atoms with Crippen LogP contribution in [-0.4, -0.2) is 0 Å². The first kappa shape index (κ1) is 10.2. The largest absolute Gasteiger partial charge is 0.207 e. The van der Waals surface area contributed by atoms with Gasteiger partial charge in [-0.2, -0.15) is 5.26 Å². The van der Waals surface area contributed by atoms with E-state index >= 15 is 0 Å². The third-order valence-electron chi connectivity index (χ3n) is 3.43. The van der Waals surface area contributed by atoms with Crippen molar-refractivity contribution in [3.8, 4) is 6.07 Å². The van der Waals surface area contributed by atoms with Crippen molar-refractivity contribution in [3.05, 3.63) is 34.6 Å². The molecule has 0 aromatic heterocycles. The van der Waals surface area contributed by atoms with Gasteiger partial charge in [-0.15, -0.1) is 0 Å². The molecule has 2 rings (SSSR count). The first-order valence-corrected chi connectivity index (χ1v) is 5.27. The number of nitriles is 1. The molecule has 1 aliphatic carbocycles. The summed E-state index contributed by atoms with van der Waals surface area (Å²) < 4.78 is 13.6. The summed E-state index contributed by atoms with van der Waals surface area (Å²) in [6, 6.07) is 5.85. The summed E-state index contributed by atoms with van der Waals surface area (Å²) in [6.45, 7) is 3.64. The normalized spacial score (nSPS) is 18.0. The molecule has 1 aromatic rings. The van der Waals surface area contributed by atoms with Crippen LogP contribution in [0.15, 0.2) is 12.1 Å². The van der Waals surface area contributed by atoms with Crippen molar-refractivity contribution in [1.82, 2.24) is 0 Å². The van der Waals surface area contributed by atoms with Crippen LogP contribution in [0.3, 0.4) is 0 Å². The van der Waals surface area contributed by atoms with Crippen LogP contribution in [0.4, 0.5) is 4.39 Å². The molecule has 1 nitrogen and oxygen atoms in total. The minimum Gasteiger partial charge on any atom is -0.207 e. The predicted octanol–water partition coefficient (Wildman–Crippen LogP) is 3.39. The molecule has 0 amide bonds. The lowest BCUT2D eigenvalue weighted by molar-refractivity contribution is 0.321. The van der Waals surface area contributed by atoms with E-state index in [-0.39, 0.29) is 5.82 Å². The number of hydrogen-bond acceptors (Lipinski definition) is 1. The van der Waals surface area contributed by atoms with Crippen LogP contribution >= 0.6 is 0 Å². The van der Waals surface area contributed by atoms with Crippen LogP contribution in [0.1, 0.15) is 36.0 Å². The van der Waals surface area contributed by atoms with Crippen LogP contribution < -0.4 is 0 Å². The quantitative estimate of drug-likeness (QED) is 0.686. The molecule has 2 heteroatoms. The maximum Gasteiger partial charge on any atom is 0.126 e. The fourth-order valence-corrected chi connectivity index (χ4v) is 2.28. The Hall–Kier alpha value is -1.36. The molecule has 0 aliphatic heterocycles. The topological polar surface area (TPSA) is 23.8 Å². The summed E-state index contributed by atoms with van der Waals surface area (Å²) in [7, 11) is 0. The van der Waals surface area contributed by atoms with Gasteiger partial charge >= 0.3 is 0 Å². The van der Waals surface area contributed by atoms with Gasteiger partial charge in [0.2, 0.25) is 0 Å². The SMILES string of the molecule is Cc1cc(F)c(C)c(C2(C#N)CCC2)c1. The first-order valence-electron chi connectivity index (χ1n) is 5.27. The van der Waals surface area contributed by atoms with Crippen LogP contribution in [0.5, 0.6) is 0 Å². The van der Waals surface area contributed by atoms with Gasteiger partial charge in [0.15, 0.2) is 0 Å². The standard InChI is InChI=1S/C13H14FN/c1-9-6-11(10(2)12(14)7-9)13(8-15)4-3-5-13/h6-7H,3-5H2,1-2H3. The molecular weight excluding hydrogens is 189 g/mol. The highest BCUT2D eigenvalue weighted by molar-refractivity contribution is 5.43. The fourth-order valence-electron chi connectivity index (χ4n) is 2.28. The predicted molar refractivity (Wildman–Crippen MR) is 57.0 cm³/mol. The maximum absolute atomic E-state index is 13.6. The highest BCUT2D eigenvalue weighted by atomic mass is 19.1. The molecule has 0 spiro atoms. The summed E-state index contributed by atoms with van der Waals surface area (Å²) in [5.41, 5.74) is 2.03. The lowest BCUT2D eigenvalue weighted by atomic mass is 9.64. The zero-order valence-corrected chi connectivity index (χ0v) is 9.10. The second kappa shape index (κ2) is 3.34. The Bertz CT molecular complexity index is 439. The van der Waals surface area contributed by atoms with E-state index in [1.807, 2.05) is 13.0 Å². The van der Waals surface area contributed by atoms with E-state index in [0.717, 1.165) is 30.4 Å². The van der Waals surface area contributed by atoms with Gasteiger partial charge < -0.3 is 0 Å². The van der Waals surface area contributed by atoms with E-state index in [1.165, 1.54) is 6.07 Å². The van der Waals surface area contributed by atoms with Crippen LogP contribution in [0.2, 0.25) is 0 Å². The van der Waals surface area contributed by atoms with Gasteiger partial charge in [0.05, 0.1) is 11.5 Å². The number of rotatable bonds is 1. The fraction of sp³-hybridized carbons (Fsp3) is 0.462. The third kappa shape index (κ3) is 1.43. The summed E-state index contributed by atoms with van der Waals surface area (Å²) in [6.07, 6.45) is 2.81. The van der Waals surface area contributed by atoms with Gasteiger partial charge in [-0.25, -0.2) is 4.39 Å². The Morgan fingerprint density at radius 2 is 2.00 bits per heavy atom. The van der Waals surface area contributed by atoms with Crippen LogP contribution in [0, 0.1) is 31.0 Å². The van der Waals surface area contributed by atoms with Crippen LogP contribution in [0.25, 0.3) is 0 Å². The number of hydrogen-bond donors (Lipinski definition) is 0. The number of benzene rings is 1. The van der Waals surface area contributed by atoms with E-state index in [0.29, 0.717) is 5.56 Å². The summed E-state index contributed by atoms with van der Waals surface area (Å²) in [5, 5.41) is 9.22. The maximum atomic E-state index is 13.6. The van der Waals surface area contributed by atoms with Crippen molar-refractivity contribution < 1.29 is 4.39 Å². The Morgan fingerprint density at radius 3 is 2.47 bits per heavy atom. The monoisotopic (exact) mass is 203 g/mol. The minimum atomic E-state index is -0.406. The average molecular weight is 203 g/mol. The Kier molecular flexibility index (Phi) is 2.26. The zero-order valence-electron chi connectivity index (χ0n) is 9.10. The second-order valence-electron chi connectivity index (χ2n) is 4.47. The summed E-state index contributed by atoms with van der Waals surface area (Å²) in [4.78, 5) is 0. The van der Waals surface area contributed by atoms with Gasteiger partial charge in [0.25, 0.3) is 0 Å². The van der Waals surface area contributed by atoms with Gasteiger partial charge in [-0.1, -0.05) is 6.07 Å². The molecule has 0 N–H and O–H groups in total. The number of nitrogens with zero attached hydrogens (tertiary/aromatic N) is 1. The van der Waals surface area contributed by atoms with E-state index in [1.54, 1.807) is 6.92 Å². The molecule has 78 valence electrons. The van der Waals surface area contributed by atoms with Crippen molar-refractivity contribution >= 4 is 0 Å². The van der Waals surface area contributed by atoms with E-state index in [4.69, 9.17) is 0 Å².